The van der Waals surface area contributed by atoms with Gasteiger partial charge < -0.3 is 10.2 Å². The van der Waals surface area contributed by atoms with Crippen molar-refractivity contribution >= 4 is 0 Å². The van der Waals surface area contributed by atoms with E-state index in [4.69, 9.17) is 2.86 Å². The van der Waals surface area contributed by atoms with Crippen molar-refractivity contribution < 1.29 is 10.2 Å². The predicted molar refractivity (Wildman–Crippen MR) is 39.6 cm³/mol. The van der Waals surface area contributed by atoms with Gasteiger partial charge in [0.05, 0.1) is 0 Å². The molecule has 2 N–H and O–H groups in total. The van der Waals surface area contributed by atoms with Gasteiger partial charge in [0.1, 0.15) is 0 Å². The lowest BCUT2D eigenvalue weighted by Gasteiger charge is -2.25. The zero-order valence-electron chi connectivity index (χ0n) is 8.21. The molecule has 0 amide bonds. The lowest BCUT2D eigenvalue weighted by atomic mass is 9.83. The van der Waals surface area contributed by atoms with Crippen LogP contribution in [0.15, 0.2) is 0 Å². The first-order valence-electron chi connectivity index (χ1n) is 4.84. The molecule has 1 aliphatic carbocycles. The number of aliphatic hydroxyl groups is 2. The van der Waals surface area contributed by atoms with Crippen molar-refractivity contribution in [2.75, 3.05) is 13.2 Å². The number of hydrogen-bond acceptors (Lipinski definition) is 2. The van der Waals surface area contributed by atoms with Crippen LogP contribution in [-0.4, -0.2) is 26.3 Å². The van der Waals surface area contributed by atoms with Gasteiger partial charge in [-0.2, -0.15) is 0 Å². The van der Waals surface area contributed by atoms with E-state index in [1.165, 1.54) is 0 Å². The molecule has 0 unspecified atom stereocenters. The normalized spacial score (nSPS) is 36.8. The summed E-state index contributed by atoms with van der Waals surface area (Å²) in [4.78, 5) is 0. The topological polar surface area (TPSA) is 40.5 Å². The summed E-state index contributed by atoms with van der Waals surface area (Å²) in [6.45, 7) is 1.13. The van der Waals surface area contributed by atoms with Crippen LogP contribution in [0.1, 0.15) is 25.7 Å². The molecule has 0 heterocycles. The molecule has 0 aromatic rings. The van der Waals surface area contributed by atoms with E-state index in [9.17, 15) is 0 Å². The standard InChI is InChI=1S/C8H16O2/c9-5-7-1-2-8(6-10)4-3-7/h7-10H,1-6H2/i9D,10D. The first-order chi connectivity index (χ1) is 5.86. The maximum Gasteiger partial charge on any atom is 0.210 e. The van der Waals surface area contributed by atoms with Crippen molar-refractivity contribution in [3.8, 4) is 0 Å². The SMILES string of the molecule is [2H]OCC1CCC(CO[2H])CC1. The summed E-state index contributed by atoms with van der Waals surface area (Å²) in [5, 5.41) is 8.72. The fourth-order valence-corrected chi connectivity index (χ4v) is 1.56. The molecular formula is C8H16O2. The molecule has 1 rings (SSSR count). The van der Waals surface area contributed by atoms with Gasteiger partial charge >= 0.3 is 0 Å². The minimum absolute atomic E-state index is 0.560. The lowest BCUT2D eigenvalue weighted by Crippen LogP contribution is -2.19. The molecule has 0 radical (unpaired) electrons. The van der Waals surface area contributed by atoms with Gasteiger partial charge in [-0.1, -0.05) is 0 Å². The summed E-state index contributed by atoms with van der Waals surface area (Å²) >= 11 is 0. The first-order valence-corrected chi connectivity index (χ1v) is 4.03. The van der Waals surface area contributed by atoms with E-state index in [2.05, 4.69) is 10.2 Å². The van der Waals surface area contributed by atoms with Crippen molar-refractivity contribution in [3.63, 3.8) is 0 Å². The van der Waals surface area contributed by atoms with Crippen LogP contribution in [0.25, 0.3) is 0 Å². The highest BCUT2D eigenvalue weighted by molar-refractivity contribution is 4.70. The summed E-state index contributed by atoms with van der Waals surface area (Å²) in [7, 11) is 0. The minimum Gasteiger partial charge on any atom is -0.396 e. The summed E-state index contributed by atoms with van der Waals surface area (Å²) in [6, 6.07) is 0. The maximum atomic E-state index is 6.62. The second kappa shape index (κ2) is 3.94. The molecule has 1 saturated carbocycles. The number of aliphatic hydroxyl groups excluding tert-OH is 2. The molecule has 2 heteroatoms. The van der Waals surface area contributed by atoms with E-state index in [1.54, 1.807) is 0 Å². The fraction of sp³-hybridized carbons (Fsp3) is 1.00. The summed E-state index contributed by atoms with van der Waals surface area (Å²) in [5.41, 5.74) is 0. The lowest BCUT2D eigenvalue weighted by molar-refractivity contribution is 0.131. The van der Waals surface area contributed by atoms with Crippen LogP contribution in [0.2, 0.25) is 0 Å². The number of hydrogen-bond donors (Lipinski definition) is 2. The molecule has 2 nitrogen and oxygen atoms in total. The molecule has 1 fully saturated rings. The van der Waals surface area contributed by atoms with E-state index in [1.807, 2.05) is 0 Å². The zero-order chi connectivity index (χ0) is 8.81. The van der Waals surface area contributed by atoms with Gasteiger partial charge in [0.2, 0.25) is 2.86 Å². The average molecular weight is 146 g/mol. The summed E-state index contributed by atoms with van der Waals surface area (Å²) in [5.74, 6) is 1.12. The molecule has 0 aromatic carbocycles. The Bertz CT molecular complexity index is 99.6. The molecule has 0 spiro atoms. The molecule has 0 aromatic heterocycles. The van der Waals surface area contributed by atoms with Crippen LogP contribution in [0.3, 0.4) is 0 Å². The van der Waals surface area contributed by atoms with E-state index < -0.39 is 0 Å². The van der Waals surface area contributed by atoms with Crippen LogP contribution in [0.4, 0.5) is 0 Å². The molecule has 10 heavy (non-hydrogen) atoms. The first kappa shape index (κ1) is 5.56. The Morgan fingerprint density at radius 1 is 1.00 bits per heavy atom. The van der Waals surface area contributed by atoms with Crippen LogP contribution in [0.5, 0.6) is 0 Å². The molecular weight excluding hydrogens is 128 g/mol. The Hall–Kier alpha value is -0.0800. The monoisotopic (exact) mass is 146 g/mol. The second-order valence-electron chi connectivity index (χ2n) is 3.22. The highest BCUT2D eigenvalue weighted by Gasteiger charge is 2.19. The van der Waals surface area contributed by atoms with Gasteiger partial charge in [-0.05, 0) is 37.5 Å². The van der Waals surface area contributed by atoms with E-state index >= 15 is 0 Å². The van der Waals surface area contributed by atoms with Crippen LogP contribution in [-0.2, 0) is 0 Å². The van der Waals surface area contributed by atoms with Gasteiger partial charge in [0, 0.05) is 13.2 Å². The van der Waals surface area contributed by atoms with Gasteiger partial charge in [0.15, 0.2) is 0 Å². The van der Waals surface area contributed by atoms with Crippen LogP contribution in [0, 0.1) is 11.8 Å². The van der Waals surface area contributed by atoms with Gasteiger partial charge in [-0.15, -0.1) is 0 Å². The average Bonchev–Trinajstić information content (AvgIpc) is 2.09. The summed E-state index contributed by atoms with van der Waals surface area (Å²) in [6.07, 6.45) is 4.47. The van der Waals surface area contributed by atoms with E-state index in [0.717, 1.165) is 25.7 Å². The number of rotatable bonds is 4. The van der Waals surface area contributed by atoms with Crippen molar-refractivity contribution in [1.29, 1.82) is 2.86 Å². The van der Waals surface area contributed by atoms with Crippen molar-refractivity contribution in [1.82, 2.24) is 0 Å². The zero-order valence-corrected chi connectivity index (χ0v) is 6.21. The third-order valence-corrected chi connectivity index (χ3v) is 2.44. The molecule has 0 saturated heterocycles. The third kappa shape index (κ3) is 1.96. The predicted octanol–water partition coefficient (Wildman–Crippen LogP) is 0.777. The Kier molecular flexibility index (Phi) is 2.19. The van der Waals surface area contributed by atoms with Crippen LogP contribution >= 0.6 is 0 Å². The highest BCUT2D eigenvalue weighted by atomic mass is 16.3. The van der Waals surface area contributed by atoms with Crippen LogP contribution < -0.4 is 0 Å². The molecule has 1 aliphatic rings. The van der Waals surface area contributed by atoms with Crippen molar-refractivity contribution in [2.45, 2.75) is 25.7 Å². The fourth-order valence-electron chi connectivity index (χ4n) is 1.56. The molecule has 60 valence electrons. The van der Waals surface area contributed by atoms with Crippen molar-refractivity contribution in [3.05, 3.63) is 0 Å². The van der Waals surface area contributed by atoms with Crippen molar-refractivity contribution in [2.24, 2.45) is 11.8 Å². The smallest absolute Gasteiger partial charge is 0.210 e. The van der Waals surface area contributed by atoms with Gasteiger partial charge in [-0.3, -0.25) is 0 Å². The molecule has 0 aliphatic heterocycles. The highest BCUT2D eigenvalue weighted by Crippen LogP contribution is 2.27. The molecule has 0 atom stereocenters. The quantitative estimate of drug-likeness (QED) is 0.615. The minimum atomic E-state index is 0.560. The maximum absolute atomic E-state index is 6.62. The summed E-state index contributed by atoms with van der Waals surface area (Å²) < 4.78 is 13.2. The van der Waals surface area contributed by atoms with Gasteiger partial charge in [0.25, 0.3) is 0 Å². The largest absolute Gasteiger partial charge is 0.396 e. The Morgan fingerprint density at radius 2 is 1.40 bits per heavy atom. The molecule has 0 bridgehead atoms. The third-order valence-electron chi connectivity index (χ3n) is 2.44. The second-order valence-corrected chi connectivity index (χ2v) is 3.22. The Labute approximate surface area is 64.9 Å². The van der Waals surface area contributed by atoms with E-state index in [-0.39, 0.29) is 0 Å². The Balaban J connectivity index is 2.11. The van der Waals surface area contributed by atoms with Gasteiger partial charge in [-0.25, -0.2) is 0 Å². The van der Waals surface area contributed by atoms with E-state index in [0.29, 0.717) is 25.0 Å². The Morgan fingerprint density at radius 3 is 1.70 bits per heavy atom.